The van der Waals surface area contributed by atoms with Gasteiger partial charge in [-0.1, -0.05) is 0 Å². The van der Waals surface area contributed by atoms with Crippen LogP contribution in [0.1, 0.15) is 12.8 Å². The maximum atomic E-state index is 5.58. The van der Waals surface area contributed by atoms with Gasteiger partial charge in [0.2, 0.25) is 0 Å². The molecule has 1 aromatic rings. The van der Waals surface area contributed by atoms with Crippen molar-refractivity contribution in [2.45, 2.75) is 18.9 Å². The fraction of sp³-hybridized carbons (Fsp3) is 0.750. The normalized spacial score (nSPS) is 26.8. The number of nitrogens with zero attached hydrogens (tertiary/aromatic N) is 2. The molecule has 0 atom stereocenters. The Kier molecular flexibility index (Phi) is 2.75. The molecule has 0 bridgehead atoms. The van der Waals surface area contributed by atoms with Crippen LogP contribution in [-0.2, 0) is 0 Å². The highest BCUT2D eigenvalue weighted by atomic mass is 32.1. The lowest BCUT2D eigenvalue weighted by molar-refractivity contribution is 0.0655. The maximum Gasteiger partial charge on any atom is 0.293 e. The van der Waals surface area contributed by atoms with E-state index in [4.69, 9.17) is 4.74 Å². The minimum absolute atomic E-state index is 0.367. The number of hydrogen-bond donors (Lipinski definition) is 1. The van der Waals surface area contributed by atoms with Crippen LogP contribution in [0.4, 0.5) is 0 Å². The van der Waals surface area contributed by atoms with E-state index < -0.39 is 0 Å². The first-order valence-corrected chi connectivity index (χ1v) is 5.23. The highest BCUT2D eigenvalue weighted by Gasteiger charge is 2.30. The molecule has 0 aliphatic heterocycles. The van der Waals surface area contributed by atoms with Gasteiger partial charge in [0.05, 0.1) is 0 Å². The summed E-state index contributed by atoms with van der Waals surface area (Å²) in [6.07, 6.45) is 4.18. The third-order valence-electron chi connectivity index (χ3n) is 2.29. The number of rotatable bonds is 4. The Balaban J connectivity index is 1.70. The topological polar surface area (TPSA) is 47.0 Å². The van der Waals surface area contributed by atoms with Crippen LogP contribution in [-0.4, -0.2) is 29.1 Å². The van der Waals surface area contributed by atoms with Gasteiger partial charge in [-0.3, -0.25) is 0 Å². The first kappa shape index (κ1) is 8.90. The standard InChI is InChI=1S/C8H13N3OS/c1-9-4-6-2-7(3-6)12-8-10-5-11-13-8/h5-7,9H,2-4H2,1H3. The Morgan fingerprint density at radius 3 is 3.15 bits per heavy atom. The largest absolute Gasteiger partial charge is 0.466 e. The summed E-state index contributed by atoms with van der Waals surface area (Å²) in [4.78, 5) is 3.98. The fourth-order valence-corrected chi connectivity index (χ4v) is 2.04. The zero-order valence-corrected chi connectivity index (χ0v) is 8.38. The van der Waals surface area contributed by atoms with Crippen molar-refractivity contribution >= 4 is 11.5 Å². The summed E-state index contributed by atoms with van der Waals surface area (Å²) in [5.41, 5.74) is 0. The van der Waals surface area contributed by atoms with Gasteiger partial charge in [-0.15, -0.1) is 0 Å². The van der Waals surface area contributed by atoms with Crippen LogP contribution in [0.5, 0.6) is 5.19 Å². The molecule has 0 spiro atoms. The lowest BCUT2D eigenvalue weighted by Crippen LogP contribution is -2.38. The van der Waals surface area contributed by atoms with Gasteiger partial charge in [-0.05, 0) is 32.4 Å². The summed E-state index contributed by atoms with van der Waals surface area (Å²) >= 11 is 1.32. The third-order valence-corrected chi connectivity index (χ3v) is 2.85. The van der Waals surface area contributed by atoms with E-state index in [1.54, 1.807) is 0 Å². The van der Waals surface area contributed by atoms with Gasteiger partial charge in [0.15, 0.2) is 0 Å². The van der Waals surface area contributed by atoms with Gasteiger partial charge in [-0.2, -0.15) is 9.36 Å². The number of ether oxygens (including phenoxy) is 1. The Hall–Kier alpha value is -0.680. The van der Waals surface area contributed by atoms with Crippen molar-refractivity contribution in [2.24, 2.45) is 5.92 Å². The van der Waals surface area contributed by atoms with Crippen molar-refractivity contribution in [3.8, 4) is 5.19 Å². The van der Waals surface area contributed by atoms with E-state index in [-0.39, 0.29) is 0 Å². The van der Waals surface area contributed by atoms with Crippen molar-refractivity contribution in [3.63, 3.8) is 0 Å². The molecule has 1 aliphatic rings. The fourth-order valence-electron chi connectivity index (χ4n) is 1.58. The summed E-state index contributed by atoms with van der Waals surface area (Å²) in [5.74, 6) is 0.780. The Bertz CT molecular complexity index is 246. The molecular weight excluding hydrogens is 186 g/mol. The van der Waals surface area contributed by atoms with Gasteiger partial charge in [0, 0.05) is 11.5 Å². The predicted molar refractivity (Wildman–Crippen MR) is 51.0 cm³/mol. The minimum atomic E-state index is 0.367. The summed E-state index contributed by atoms with van der Waals surface area (Å²) in [7, 11) is 1.99. The van der Waals surface area contributed by atoms with E-state index in [0.717, 1.165) is 25.3 Å². The molecule has 1 saturated carbocycles. The first-order valence-electron chi connectivity index (χ1n) is 4.46. The van der Waals surface area contributed by atoms with Crippen molar-refractivity contribution in [1.82, 2.24) is 14.7 Å². The molecule has 1 aromatic heterocycles. The third kappa shape index (κ3) is 2.16. The van der Waals surface area contributed by atoms with E-state index in [0.29, 0.717) is 11.3 Å². The average molecular weight is 199 g/mol. The molecule has 2 rings (SSSR count). The second-order valence-corrected chi connectivity index (χ2v) is 4.08. The van der Waals surface area contributed by atoms with Crippen LogP contribution in [0.3, 0.4) is 0 Å². The predicted octanol–water partition coefficient (Wildman–Crippen LogP) is 0.915. The van der Waals surface area contributed by atoms with Crippen LogP contribution in [0, 0.1) is 5.92 Å². The summed E-state index contributed by atoms with van der Waals surface area (Å²) < 4.78 is 9.47. The number of aromatic nitrogens is 2. The van der Waals surface area contributed by atoms with E-state index in [1.807, 2.05) is 7.05 Å². The van der Waals surface area contributed by atoms with Crippen molar-refractivity contribution in [1.29, 1.82) is 0 Å². The SMILES string of the molecule is CNCC1CC(Oc2ncns2)C1. The first-order chi connectivity index (χ1) is 6.38. The van der Waals surface area contributed by atoms with Crippen molar-refractivity contribution in [3.05, 3.63) is 6.33 Å². The lowest BCUT2D eigenvalue weighted by Gasteiger charge is -2.34. The Labute approximate surface area is 81.5 Å². The molecule has 0 amide bonds. The van der Waals surface area contributed by atoms with E-state index in [2.05, 4.69) is 14.7 Å². The monoisotopic (exact) mass is 199 g/mol. The highest BCUT2D eigenvalue weighted by molar-refractivity contribution is 7.07. The van der Waals surface area contributed by atoms with Gasteiger partial charge < -0.3 is 10.1 Å². The maximum absolute atomic E-state index is 5.58. The van der Waals surface area contributed by atoms with Crippen LogP contribution in [0.15, 0.2) is 6.33 Å². The Morgan fingerprint density at radius 1 is 1.69 bits per heavy atom. The molecular formula is C8H13N3OS. The van der Waals surface area contributed by atoms with Crippen LogP contribution >= 0.6 is 11.5 Å². The Morgan fingerprint density at radius 2 is 2.54 bits per heavy atom. The lowest BCUT2D eigenvalue weighted by atomic mass is 9.82. The molecule has 0 radical (unpaired) electrons. The molecule has 1 aliphatic carbocycles. The van der Waals surface area contributed by atoms with Crippen LogP contribution in [0.2, 0.25) is 0 Å². The van der Waals surface area contributed by atoms with Crippen molar-refractivity contribution in [2.75, 3.05) is 13.6 Å². The quantitative estimate of drug-likeness (QED) is 0.783. The zero-order chi connectivity index (χ0) is 9.10. The average Bonchev–Trinajstić information content (AvgIpc) is 2.53. The van der Waals surface area contributed by atoms with E-state index in [1.165, 1.54) is 17.9 Å². The van der Waals surface area contributed by atoms with Crippen LogP contribution in [0.25, 0.3) is 0 Å². The molecule has 1 heterocycles. The van der Waals surface area contributed by atoms with Gasteiger partial charge in [-0.25, -0.2) is 0 Å². The highest BCUT2D eigenvalue weighted by Crippen LogP contribution is 2.30. The minimum Gasteiger partial charge on any atom is -0.466 e. The molecule has 72 valence electrons. The smallest absolute Gasteiger partial charge is 0.293 e. The van der Waals surface area contributed by atoms with E-state index in [9.17, 15) is 0 Å². The molecule has 0 aromatic carbocycles. The molecule has 1 N–H and O–H groups in total. The number of hydrogen-bond acceptors (Lipinski definition) is 5. The summed E-state index contributed by atoms with van der Waals surface area (Å²) in [5, 5.41) is 3.87. The van der Waals surface area contributed by atoms with Gasteiger partial charge in [0.25, 0.3) is 5.19 Å². The van der Waals surface area contributed by atoms with Gasteiger partial charge >= 0.3 is 0 Å². The second-order valence-electron chi connectivity index (χ2n) is 3.34. The molecule has 13 heavy (non-hydrogen) atoms. The summed E-state index contributed by atoms with van der Waals surface area (Å²) in [6, 6.07) is 0. The van der Waals surface area contributed by atoms with Crippen molar-refractivity contribution < 1.29 is 4.74 Å². The summed E-state index contributed by atoms with van der Waals surface area (Å²) in [6.45, 7) is 1.09. The number of nitrogens with one attached hydrogen (secondary N) is 1. The van der Waals surface area contributed by atoms with Crippen LogP contribution < -0.4 is 10.1 Å². The molecule has 0 unspecified atom stereocenters. The van der Waals surface area contributed by atoms with E-state index >= 15 is 0 Å². The zero-order valence-electron chi connectivity index (χ0n) is 7.56. The second kappa shape index (κ2) is 4.02. The van der Waals surface area contributed by atoms with Gasteiger partial charge in [0.1, 0.15) is 12.4 Å². The molecule has 0 saturated heterocycles. The molecule has 1 fully saturated rings. The molecule has 5 heteroatoms. The molecule has 4 nitrogen and oxygen atoms in total.